The highest BCUT2D eigenvalue weighted by Gasteiger charge is 2.13. The van der Waals surface area contributed by atoms with Crippen molar-refractivity contribution in [3.05, 3.63) is 27.4 Å². The molecular formula is C15H20N2OS2. The van der Waals surface area contributed by atoms with Crippen molar-refractivity contribution >= 4 is 28.6 Å². The van der Waals surface area contributed by atoms with Crippen LogP contribution in [0.2, 0.25) is 0 Å². The second-order valence-electron chi connectivity index (χ2n) is 5.18. The van der Waals surface area contributed by atoms with Crippen molar-refractivity contribution in [3.63, 3.8) is 0 Å². The van der Waals surface area contributed by atoms with E-state index in [1.165, 1.54) is 9.75 Å². The molecule has 0 spiro atoms. The maximum absolute atomic E-state index is 11.8. The van der Waals surface area contributed by atoms with Crippen molar-refractivity contribution in [1.29, 1.82) is 0 Å². The molecule has 0 unspecified atom stereocenters. The maximum atomic E-state index is 11.8. The summed E-state index contributed by atoms with van der Waals surface area (Å²) in [5.41, 5.74) is 1.05. The van der Waals surface area contributed by atoms with E-state index in [4.69, 9.17) is 0 Å². The molecule has 3 nitrogen and oxygen atoms in total. The molecule has 0 aromatic carbocycles. The molecule has 0 aliphatic heterocycles. The summed E-state index contributed by atoms with van der Waals surface area (Å²) in [4.78, 5) is 18.8. The number of hydrogen-bond donors (Lipinski definition) is 1. The van der Waals surface area contributed by atoms with Crippen LogP contribution in [0.3, 0.4) is 0 Å². The van der Waals surface area contributed by atoms with Crippen LogP contribution in [0, 0.1) is 12.8 Å². The molecule has 5 heteroatoms. The first-order valence-electron chi connectivity index (χ1n) is 6.83. The van der Waals surface area contributed by atoms with E-state index in [2.05, 4.69) is 35.6 Å². The Morgan fingerprint density at radius 2 is 2.25 bits per heavy atom. The van der Waals surface area contributed by atoms with Gasteiger partial charge in [-0.05, 0) is 30.7 Å². The molecule has 2 heterocycles. The van der Waals surface area contributed by atoms with Crippen LogP contribution in [-0.2, 0) is 11.2 Å². The molecule has 20 heavy (non-hydrogen) atoms. The van der Waals surface area contributed by atoms with Gasteiger partial charge in [0.05, 0.1) is 15.6 Å². The Kier molecular flexibility index (Phi) is 5.31. The number of hydrogen-bond acceptors (Lipinski definition) is 4. The van der Waals surface area contributed by atoms with Gasteiger partial charge in [-0.2, -0.15) is 0 Å². The summed E-state index contributed by atoms with van der Waals surface area (Å²) in [6.07, 6.45) is 1.30. The summed E-state index contributed by atoms with van der Waals surface area (Å²) < 4.78 is 0. The van der Waals surface area contributed by atoms with Crippen LogP contribution in [0.1, 0.15) is 30.2 Å². The van der Waals surface area contributed by atoms with Gasteiger partial charge in [0.25, 0.3) is 0 Å². The van der Waals surface area contributed by atoms with Crippen LogP contribution in [0.15, 0.2) is 17.5 Å². The van der Waals surface area contributed by atoms with E-state index in [9.17, 15) is 4.79 Å². The van der Waals surface area contributed by atoms with Gasteiger partial charge in [0.1, 0.15) is 0 Å². The standard InChI is InChI=1S/C15H20N2OS2/c1-10(2)9-16-14(18)7-6-13-15(17-11(3)20-13)12-5-4-8-19-12/h4-5,8,10H,6-7,9H2,1-3H3,(H,16,18). The summed E-state index contributed by atoms with van der Waals surface area (Å²) in [5.74, 6) is 0.619. The molecule has 1 N–H and O–H groups in total. The zero-order chi connectivity index (χ0) is 14.5. The minimum Gasteiger partial charge on any atom is -0.356 e. The van der Waals surface area contributed by atoms with Crippen molar-refractivity contribution in [2.75, 3.05) is 6.54 Å². The maximum Gasteiger partial charge on any atom is 0.220 e. The molecule has 108 valence electrons. The molecule has 0 atom stereocenters. The Bertz CT molecular complexity index is 558. The number of nitrogens with one attached hydrogen (secondary N) is 1. The van der Waals surface area contributed by atoms with Gasteiger partial charge in [-0.15, -0.1) is 22.7 Å². The Balaban J connectivity index is 1.98. The molecule has 2 rings (SSSR count). The lowest BCUT2D eigenvalue weighted by molar-refractivity contribution is -0.121. The van der Waals surface area contributed by atoms with Crippen LogP contribution in [0.4, 0.5) is 0 Å². The van der Waals surface area contributed by atoms with Crippen molar-refractivity contribution in [2.24, 2.45) is 5.92 Å². The van der Waals surface area contributed by atoms with Crippen molar-refractivity contribution in [2.45, 2.75) is 33.6 Å². The highest BCUT2D eigenvalue weighted by molar-refractivity contribution is 7.15. The normalized spacial score (nSPS) is 11.0. The Labute approximate surface area is 128 Å². The number of carbonyl (C=O) groups is 1. The fourth-order valence-electron chi connectivity index (χ4n) is 1.88. The number of amides is 1. The van der Waals surface area contributed by atoms with E-state index in [1.807, 2.05) is 13.0 Å². The van der Waals surface area contributed by atoms with Gasteiger partial charge >= 0.3 is 0 Å². The van der Waals surface area contributed by atoms with E-state index in [1.54, 1.807) is 22.7 Å². The number of carbonyl (C=O) groups excluding carboxylic acids is 1. The SMILES string of the molecule is Cc1nc(-c2cccs2)c(CCC(=O)NCC(C)C)s1. The topological polar surface area (TPSA) is 42.0 Å². The molecule has 0 radical (unpaired) electrons. The summed E-state index contributed by atoms with van der Waals surface area (Å²) in [6.45, 7) is 6.96. The molecule has 0 bridgehead atoms. The number of thiazole rings is 1. The molecule has 2 aromatic heterocycles. The average molecular weight is 308 g/mol. The first kappa shape index (κ1) is 15.2. The summed E-state index contributed by atoms with van der Waals surface area (Å²) in [7, 11) is 0. The van der Waals surface area contributed by atoms with Gasteiger partial charge < -0.3 is 5.32 Å². The minimum absolute atomic E-state index is 0.127. The quantitative estimate of drug-likeness (QED) is 0.880. The lowest BCUT2D eigenvalue weighted by Crippen LogP contribution is -2.27. The Morgan fingerprint density at radius 1 is 1.45 bits per heavy atom. The number of aryl methyl sites for hydroxylation is 2. The van der Waals surface area contributed by atoms with Crippen LogP contribution in [0.5, 0.6) is 0 Å². The lowest BCUT2D eigenvalue weighted by Gasteiger charge is -2.07. The zero-order valence-electron chi connectivity index (χ0n) is 12.1. The molecule has 0 fully saturated rings. The molecule has 0 saturated carbocycles. The first-order valence-corrected chi connectivity index (χ1v) is 8.52. The summed E-state index contributed by atoms with van der Waals surface area (Å²) in [6, 6.07) is 4.12. The van der Waals surface area contributed by atoms with Crippen molar-refractivity contribution in [3.8, 4) is 10.6 Å². The summed E-state index contributed by atoms with van der Waals surface area (Å²) in [5, 5.41) is 6.08. The predicted octanol–water partition coefficient (Wildman–Crippen LogP) is 3.88. The molecule has 0 aliphatic carbocycles. The second-order valence-corrected chi connectivity index (χ2v) is 7.42. The summed E-state index contributed by atoms with van der Waals surface area (Å²) >= 11 is 3.39. The second kappa shape index (κ2) is 6.99. The van der Waals surface area contributed by atoms with Gasteiger partial charge in [0, 0.05) is 17.8 Å². The third-order valence-corrected chi connectivity index (χ3v) is 4.75. The van der Waals surface area contributed by atoms with Crippen LogP contribution in [0.25, 0.3) is 10.6 Å². The van der Waals surface area contributed by atoms with Gasteiger partial charge in [-0.3, -0.25) is 4.79 Å². The van der Waals surface area contributed by atoms with Gasteiger partial charge in [-0.25, -0.2) is 4.98 Å². The van der Waals surface area contributed by atoms with Gasteiger partial charge in [-0.1, -0.05) is 19.9 Å². The number of aromatic nitrogens is 1. The van der Waals surface area contributed by atoms with E-state index in [0.717, 1.165) is 23.7 Å². The van der Waals surface area contributed by atoms with E-state index >= 15 is 0 Å². The minimum atomic E-state index is 0.127. The van der Waals surface area contributed by atoms with Gasteiger partial charge in [0.2, 0.25) is 5.91 Å². The highest BCUT2D eigenvalue weighted by Crippen LogP contribution is 2.31. The lowest BCUT2D eigenvalue weighted by atomic mass is 10.2. The molecular weight excluding hydrogens is 288 g/mol. The third kappa shape index (κ3) is 4.15. The van der Waals surface area contributed by atoms with Crippen LogP contribution in [-0.4, -0.2) is 17.4 Å². The monoisotopic (exact) mass is 308 g/mol. The Morgan fingerprint density at radius 3 is 2.90 bits per heavy atom. The average Bonchev–Trinajstić information content (AvgIpc) is 3.02. The number of nitrogens with zero attached hydrogens (tertiary/aromatic N) is 1. The van der Waals surface area contributed by atoms with E-state index in [-0.39, 0.29) is 5.91 Å². The third-order valence-electron chi connectivity index (χ3n) is 2.85. The molecule has 2 aromatic rings. The van der Waals surface area contributed by atoms with E-state index < -0.39 is 0 Å². The first-order chi connectivity index (χ1) is 9.56. The van der Waals surface area contributed by atoms with Gasteiger partial charge in [0.15, 0.2) is 0 Å². The predicted molar refractivity (Wildman–Crippen MR) is 86.3 cm³/mol. The molecule has 0 saturated heterocycles. The largest absolute Gasteiger partial charge is 0.356 e. The fourth-order valence-corrected chi connectivity index (χ4v) is 3.63. The fraction of sp³-hybridized carbons (Fsp3) is 0.467. The molecule has 0 aliphatic rings. The van der Waals surface area contributed by atoms with Crippen LogP contribution >= 0.6 is 22.7 Å². The highest BCUT2D eigenvalue weighted by atomic mass is 32.1. The zero-order valence-corrected chi connectivity index (χ0v) is 13.7. The van der Waals surface area contributed by atoms with Crippen molar-refractivity contribution < 1.29 is 4.79 Å². The smallest absolute Gasteiger partial charge is 0.220 e. The van der Waals surface area contributed by atoms with E-state index in [0.29, 0.717) is 12.3 Å². The Hall–Kier alpha value is -1.20. The molecule has 1 amide bonds. The number of thiophene rings is 1. The van der Waals surface area contributed by atoms with Crippen molar-refractivity contribution in [1.82, 2.24) is 10.3 Å². The number of rotatable bonds is 6. The van der Waals surface area contributed by atoms with Crippen LogP contribution < -0.4 is 5.32 Å².